The molecule has 0 unspecified atom stereocenters. The van der Waals surface area contributed by atoms with Gasteiger partial charge in [-0.25, -0.2) is 0 Å². The molecule has 1 heterocycles. The monoisotopic (exact) mass is 265 g/mol. The van der Waals surface area contributed by atoms with Gasteiger partial charge in [0.1, 0.15) is 0 Å². The molecule has 0 radical (unpaired) electrons. The number of carbonyl (C=O) groups excluding carboxylic acids is 1. The van der Waals surface area contributed by atoms with Gasteiger partial charge in [0.15, 0.2) is 11.5 Å². The Morgan fingerprint density at radius 2 is 1.89 bits per heavy atom. The predicted molar refractivity (Wildman–Crippen MR) is 70.9 cm³/mol. The third-order valence-corrected chi connectivity index (χ3v) is 3.20. The molecule has 1 N–H and O–H groups in total. The first kappa shape index (κ1) is 13.7. The molecule has 1 aliphatic rings. The molecule has 1 amide bonds. The number of rotatable bonds is 4. The first-order chi connectivity index (χ1) is 9.24. The minimum atomic E-state index is -0.0900. The topological polar surface area (TPSA) is 56.8 Å². The molecule has 1 saturated heterocycles. The van der Waals surface area contributed by atoms with Crippen LogP contribution in [0.15, 0.2) is 18.2 Å². The van der Waals surface area contributed by atoms with Crippen molar-refractivity contribution in [2.24, 2.45) is 0 Å². The van der Waals surface area contributed by atoms with Crippen molar-refractivity contribution in [3.63, 3.8) is 0 Å². The molecule has 1 aromatic rings. The summed E-state index contributed by atoms with van der Waals surface area (Å²) in [4.78, 5) is 12.1. The summed E-state index contributed by atoms with van der Waals surface area (Å²) in [6.07, 6.45) is 1.72. The Labute approximate surface area is 112 Å². The lowest BCUT2D eigenvalue weighted by Crippen LogP contribution is -2.38. The summed E-state index contributed by atoms with van der Waals surface area (Å²) in [6.45, 7) is 1.41. The lowest BCUT2D eigenvalue weighted by molar-refractivity contribution is 0.0696. The number of amides is 1. The van der Waals surface area contributed by atoms with Gasteiger partial charge in [-0.1, -0.05) is 0 Å². The number of hydrogen-bond donors (Lipinski definition) is 1. The Kier molecular flexibility index (Phi) is 4.63. The van der Waals surface area contributed by atoms with Crippen LogP contribution in [0.4, 0.5) is 0 Å². The van der Waals surface area contributed by atoms with Crippen LogP contribution in [0.25, 0.3) is 0 Å². The molecule has 1 aliphatic heterocycles. The molecule has 0 spiro atoms. The van der Waals surface area contributed by atoms with E-state index in [1.807, 2.05) is 0 Å². The summed E-state index contributed by atoms with van der Waals surface area (Å²) >= 11 is 0. The molecule has 1 fully saturated rings. The average Bonchev–Trinajstić information content (AvgIpc) is 2.47. The molecule has 0 aromatic heterocycles. The molecule has 0 atom stereocenters. The van der Waals surface area contributed by atoms with Gasteiger partial charge < -0.3 is 19.5 Å². The maximum absolute atomic E-state index is 12.1. The molecule has 5 nitrogen and oxygen atoms in total. The highest BCUT2D eigenvalue weighted by atomic mass is 16.5. The lowest BCUT2D eigenvalue weighted by atomic mass is 10.1. The fourth-order valence-corrected chi connectivity index (χ4v) is 2.09. The van der Waals surface area contributed by atoms with Crippen LogP contribution in [0.2, 0.25) is 0 Å². The number of methoxy groups -OCH3 is 2. The maximum atomic E-state index is 12.1. The van der Waals surface area contributed by atoms with Crippen molar-refractivity contribution in [1.29, 1.82) is 0 Å². The Hall–Kier alpha value is -1.75. The quantitative estimate of drug-likeness (QED) is 0.898. The zero-order valence-electron chi connectivity index (χ0n) is 11.3. The second-order valence-corrected chi connectivity index (χ2v) is 4.43. The first-order valence-corrected chi connectivity index (χ1v) is 6.35. The zero-order valence-corrected chi connectivity index (χ0v) is 11.3. The average molecular weight is 265 g/mol. The smallest absolute Gasteiger partial charge is 0.251 e. The van der Waals surface area contributed by atoms with E-state index in [-0.39, 0.29) is 11.9 Å². The van der Waals surface area contributed by atoms with E-state index >= 15 is 0 Å². The van der Waals surface area contributed by atoms with Gasteiger partial charge in [0.25, 0.3) is 5.91 Å². The van der Waals surface area contributed by atoms with E-state index in [1.54, 1.807) is 32.4 Å². The highest BCUT2D eigenvalue weighted by molar-refractivity contribution is 5.95. The van der Waals surface area contributed by atoms with Crippen molar-refractivity contribution < 1.29 is 19.0 Å². The van der Waals surface area contributed by atoms with Gasteiger partial charge >= 0.3 is 0 Å². The van der Waals surface area contributed by atoms with Crippen LogP contribution < -0.4 is 14.8 Å². The molecule has 19 heavy (non-hydrogen) atoms. The van der Waals surface area contributed by atoms with Crippen molar-refractivity contribution >= 4 is 5.91 Å². The fraction of sp³-hybridized carbons (Fsp3) is 0.500. The maximum Gasteiger partial charge on any atom is 0.251 e. The lowest BCUT2D eigenvalue weighted by Gasteiger charge is -2.23. The summed E-state index contributed by atoms with van der Waals surface area (Å²) in [5.41, 5.74) is 0.573. The summed E-state index contributed by atoms with van der Waals surface area (Å²) in [5.74, 6) is 1.08. The zero-order chi connectivity index (χ0) is 13.7. The third-order valence-electron chi connectivity index (χ3n) is 3.20. The molecular formula is C14H19NO4. The minimum Gasteiger partial charge on any atom is -0.493 e. The summed E-state index contributed by atoms with van der Waals surface area (Å²) in [6, 6.07) is 5.34. The largest absolute Gasteiger partial charge is 0.493 e. The van der Waals surface area contributed by atoms with Crippen molar-refractivity contribution in [2.75, 3.05) is 27.4 Å². The summed E-state index contributed by atoms with van der Waals surface area (Å²) < 4.78 is 15.6. The van der Waals surface area contributed by atoms with Crippen molar-refractivity contribution in [2.45, 2.75) is 18.9 Å². The second-order valence-electron chi connectivity index (χ2n) is 4.43. The second kappa shape index (κ2) is 6.43. The van der Waals surface area contributed by atoms with E-state index in [9.17, 15) is 4.79 Å². The van der Waals surface area contributed by atoms with Crippen LogP contribution in [0.1, 0.15) is 23.2 Å². The molecule has 0 saturated carbocycles. The van der Waals surface area contributed by atoms with Gasteiger partial charge in [0.05, 0.1) is 14.2 Å². The molecule has 0 bridgehead atoms. The standard InChI is InChI=1S/C14H19NO4/c1-17-12-4-3-10(9-13(12)18-2)14(16)15-11-5-7-19-8-6-11/h3-4,9,11H,5-8H2,1-2H3,(H,15,16). The van der Waals surface area contributed by atoms with Gasteiger partial charge in [0, 0.05) is 24.8 Å². The van der Waals surface area contributed by atoms with Crippen molar-refractivity contribution in [1.82, 2.24) is 5.32 Å². The van der Waals surface area contributed by atoms with Crippen LogP contribution in [-0.2, 0) is 4.74 Å². The van der Waals surface area contributed by atoms with E-state index in [0.29, 0.717) is 30.3 Å². The van der Waals surface area contributed by atoms with E-state index in [0.717, 1.165) is 12.8 Å². The fourth-order valence-electron chi connectivity index (χ4n) is 2.09. The normalized spacial score (nSPS) is 15.9. The molecule has 0 aliphatic carbocycles. The minimum absolute atomic E-state index is 0.0900. The van der Waals surface area contributed by atoms with Crippen LogP contribution >= 0.6 is 0 Å². The van der Waals surface area contributed by atoms with E-state index in [1.165, 1.54) is 0 Å². The van der Waals surface area contributed by atoms with Gasteiger partial charge in [-0.3, -0.25) is 4.79 Å². The number of hydrogen-bond acceptors (Lipinski definition) is 4. The summed E-state index contributed by atoms with van der Waals surface area (Å²) in [5, 5.41) is 3.01. The Bertz CT molecular complexity index is 441. The first-order valence-electron chi connectivity index (χ1n) is 6.35. The molecule has 104 valence electrons. The number of ether oxygens (including phenoxy) is 3. The van der Waals surface area contributed by atoms with Gasteiger partial charge in [-0.05, 0) is 31.0 Å². The van der Waals surface area contributed by atoms with E-state index in [2.05, 4.69) is 5.32 Å². The van der Waals surface area contributed by atoms with Crippen molar-refractivity contribution in [3.05, 3.63) is 23.8 Å². The van der Waals surface area contributed by atoms with Crippen LogP contribution in [0.5, 0.6) is 11.5 Å². The Balaban J connectivity index is 2.05. The van der Waals surface area contributed by atoms with E-state index in [4.69, 9.17) is 14.2 Å². The highest BCUT2D eigenvalue weighted by Crippen LogP contribution is 2.27. The SMILES string of the molecule is COc1ccc(C(=O)NC2CCOCC2)cc1OC. The number of nitrogens with one attached hydrogen (secondary N) is 1. The Morgan fingerprint density at radius 3 is 2.53 bits per heavy atom. The van der Waals surface area contributed by atoms with Crippen LogP contribution in [-0.4, -0.2) is 39.4 Å². The third kappa shape index (κ3) is 3.38. The molecule has 1 aromatic carbocycles. The predicted octanol–water partition coefficient (Wildman–Crippen LogP) is 1.61. The molecule has 5 heteroatoms. The van der Waals surface area contributed by atoms with Crippen molar-refractivity contribution in [3.8, 4) is 11.5 Å². The van der Waals surface area contributed by atoms with Gasteiger partial charge in [-0.15, -0.1) is 0 Å². The van der Waals surface area contributed by atoms with Crippen LogP contribution in [0.3, 0.4) is 0 Å². The highest BCUT2D eigenvalue weighted by Gasteiger charge is 2.18. The van der Waals surface area contributed by atoms with Gasteiger partial charge in [-0.2, -0.15) is 0 Å². The summed E-state index contributed by atoms with van der Waals surface area (Å²) in [7, 11) is 3.12. The Morgan fingerprint density at radius 1 is 1.21 bits per heavy atom. The number of carbonyl (C=O) groups is 1. The number of benzene rings is 1. The molecule has 2 rings (SSSR count). The molecular weight excluding hydrogens is 246 g/mol. The van der Waals surface area contributed by atoms with Gasteiger partial charge in [0.2, 0.25) is 0 Å². The van der Waals surface area contributed by atoms with E-state index < -0.39 is 0 Å². The van der Waals surface area contributed by atoms with Crippen LogP contribution in [0, 0.1) is 0 Å².